The number of nitrogens with zero attached hydrogens (tertiary/aromatic N) is 1. The average Bonchev–Trinajstić information content (AvgIpc) is 2.27. The SMILES string of the molecule is CCNCc1cccnc1SCCC(C)C. The van der Waals surface area contributed by atoms with Crippen LogP contribution in [0.2, 0.25) is 0 Å². The molecule has 1 rings (SSSR count). The van der Waals surface area contributed by atoms with Crippen LogP contribution in [0, 0.1) is 5.92 Å². The Labute approximate surface area is 103 Å². The van der Waals surface area contributed by atoms with Gasteiger partial charge in [0.25, 0.3) is 0 Å². The lowest BCUT2D eigenvalue weighted by molar-refractivity contribution is 0.631. The number of rotatable bonds is 7. The fourth-order valence-electron chi connectivity index (χ4n) is 1.34. The number of pyridine rings is 1. The van der Waals surface area contributed by atoms with Crippen molar-refractivity contribution >= 4 is 11.8 Å². The molecule has 0 saturated heterocycles. The zero-order valence-electron chi connectivity index (χ0n) is 10.5. The Balaban J connectivity index is 2.49. The molecule has 0 spiro atoms. The van der Waals surface area contributed by atoms with Gasteiger partial charge in [-0.3, -0.25) is 0 Å². The number of hydrogen-bond acceptors (Lipinski definition) is 3. The largest absolute Gasteiger partial charge is 0.313 e. The van der Waals surface area contributed by atoms with E-state index >= 15 is 0 Å². The van der Waals surface area contributed by atoms with E-state index in [9.17, 15) is 0 Å². The molecule has 2 nitrogen and oxygen atoms in total. The second-order valence-electron chi connectivity index (χ2n) is 4.28. The molecule has 0 fully saturated rings. The van der Waals surface area contributed by atoms with Crippen LogP contribution in [-0.4, -0.2) is 17.3 Å². The third kappa shape index (κ3) is 4.99. The van der Waals surface area contributed by atoms with E-state index in [0.29, 0.717) is 0 Å². The van der Waals surface area contributed by atoms with Gasteiger partial charge in [0.05, 0.1) is 0 Å². The molecule has 0 saturated carbocycles. The van der Waals surface area contributed by atoms with Gasteiger partial charge in [-0.2, -0.15) is 0 Å². The van der Waals surface area contributed by atoms with Gasteiger partial charge in [-0.25, -0.2) is 4.98 Å². The Morgan fingerprint density at radius 1 is 1.44 bits per heavy atom. The van der Waals surface area contributed by atoms with Gasteiger partial charge < -0.3 is 5.32 Å². The minimum atomic E-state index is 0.772. The fourth-order valence-corrected chi connectivity index (χ4v) is 2.58. The summed E-state index contributed by atoms with van der Waals surface area (Å²) in [6.45, 7) is 8.58. The minimum absolute atomic E-state index is 0.772. The minimum Gasteiger partial charge on any atom is -0.313 e. The maximum Gasteiger partial charge on any atom is 0.100 e. The molecule has 0 aliphatic heterocycles. The molecule has 16 heavy (non-hydrogen) atoms. The summed E-state index contributed by atoms with van der Waals surface area (Å²) < 4.78 is 0. The van der Waals surface area contributed by atoms with Crippen molar-refractivity contribution in [2.45, 2.75) is 38.8 Å². The Morgan fingerprint density at radius 3 is 2.94 bits per heavy atom. The first-order valence-electron chi connectivity index (χ1n) is 6.01. The quantitative estimate of drug-likeness (QED) is 0.738. The van der Waals surface area contributed by atoms with E-state index in [1.54, 1.807) is 0 Å². The Morgan fingerprint density at radius 2 is 2.25 bits per heavy atom. The summed E-state index contributed by atoms with van der Waals surface area (Å²) in [5.74, 6) is 1.93. The summed E-state index contributed by atoms with van der Waals surface area (Å²) in [7, 11) is 0. The highest BCUT2D eigenvalue weighted by atomic mass is 32.2. The van der Waals surface area contributed by atoms with E-state index in [1.165, 1.54) is 17.0 Å². The second-order valence-corrected chi connectivity index (χ2v) is 5.36. The molecule has 0 amide bonds. The van der Waals surface area contributed by atoms with Gasteiger partial charge in [-0.1, -0.05) is 26.8 Å². The van der Waals surface area contributed by atoms with E-state index in [2.05, 4.69) is 37.1 Å². The molecule has 0 aromatic carbocycles. The molecule has 90 valence electrons. The number of thioether (sulfide) groups is 1. The van der Waals surface area contributed by atoms with Crippen molar-refractivity contribution in [1.82, 2.24) is 10.3 Å². The lowest BCUT2D eigenvalue weighted by atomic mass is 10.2. The normalized spacial score (nSPS) is 11.0. The topological polar surface area (TPSA) is 24.9 Å². The van der Waals surface area contributed by atoms with Crippen LogP contribution in [0.4, 0.5) is 0 Å². The van der Waals surface area contributed by atoms with Crippen LogP contribution in [-0.2, 0) is 6.54 Å². The predicted molar refractivity (Wildman–Crippen MR) is 71.8 cm³/mol. The van der Waals surface area contributed by atoms with Crippen LogP contribution in [0.5, 0.6) is 0 Å². The third-order valence-electron chi connectivity index (χ3n) is 2.35. The first-order chi connectivity index (χ1) is 7.74. The molecule has 0 unspecified atom stereocenters. The monoisotopic (exact) mass is 238 g/mol. The lowest BCUT2D eigenvalue weighted by Crippen LogP contribution is -2.12. The second kappa shape index (κ2) is 7.69. The molecule has 0 atom stereocenters. The molecule has 3 heteroatoms. The van der Waals surface area contributed by atoms with Gasteiger partial charge in [0, 0.05) is 12.7 Å². The van der Waals surface area contributed by atoms with Crippen molar-refractivity contribution in [3.63, 3.8) is 0 Å². The van der Waals surface area contributed by atoms with E-state index < -0.39 is 0 Å². The Bertz CT molecular complexity index is 300. The lowest BCUT2D eigenvalue weighted by Gasteiger charge is -2.09. The van der Waals surface area contributed by atoms with Crippen molar-refractivity contribution in [3.05, 3.63) is 23.9 Å². The predicted octanol–water partition coefficient (Wildman–Crippen LogP) is 3.33. The first-order valence-corrected chi connectivity index (χ1v) is 7.00. The van der Waals surface area contributed by atoms with Gasteiger partial charge in [-0.05, 0) is 36.3 Å². The molecular weight excluding hydrogens is 216 g/mol. The van der Waals surface area contributed by atoms with Gasteiger partial charge >= 0.3 is 0 Å². The zero-order chi connectivity index (χ0) is 11.8. The highest BCUT2D eigenvalue weighted by Crippen LogP contribution is 2.21. The highest BCUT2D eigenvalue weighted by Gasteiger charge is 2.03. The molecule has 0 aliphatic carbocycles. The molecule has 0 bridgehead atoms. The smallest absolute Gasteiger partial charge is 0.100 e. The first kappa shape index (κ1) is 13.5. The van der Waals surface area contributed by atoms with Crippen LogP contribution in [0.15, 0.2) is 23.4 Å². The van der Waals surface area contributed by atoms with Crippen LogP contribution in [0.25, 0.3) is 0 Å². The molecule has 1 aromatic heterocycles. The molecule has 0 radical (unpaired) electrons. The summed E-state index contributed by atoms with van der Waals surface area (Å²) >= 11 is 1.87. The zero-order valence-corrected chi connectivity index (χ0v) is 11.3. The van der Waals surface area contributed by atoms with Crippen molar-refractivity contribution in [3.8, 4) is 0 Å². The van der Waals surface area contributed by atoms with Gasteiger partial charge in [-0.15, -0.1) is 11.8 Å². The van der Waals surface area contributed by atoms with Crippen molar-refractivity contribution in [1.29, 1.82) is 0 Å². The molecule has 1 N–H and O–H groups in total. The average molecular weight is 238 g/mol. The van der Waals surface area contributed by atoms with Crippen molar-refractivity contribution in [2.24, 2.45) is 5.92 Å². The van der Waals surface area contributed by atoms with E-state index in [-0.39, 0.29) is 0 Å². The van der Waals surface area contributed by atoms with Crippen molar-refractivity contribution < 1.29 is 0 Å². The third-order valence-corrected chi connectivity index (χ3v) is 3.43. The van der Waals surface area contributed by atoms with Crippen LogP contribution >= 0.6 is 11.8 Å². The maximum atomic E-state index is 4.45. The number of hydrogen-bond donors (Lipinski definition) is 1. The van der Waals surface area contributed by atoms with E-state index in [4.69, 9.17) is 0 Å². The maximum absolute atomic E-state index is 4.45. The molecule has 0 aliphatic rings. The van der Waals surface area contributed by atoms with Crippen LogP contribution in [0.1, 0.15) is 32.8 Å². The summed E-state index contributed by atoms with van der Waals surface area (Å²) in [6.07, 6.45) is 3.13. The molecular formula is C13H22N2S. The van der Waals surface area contributed by atoms with Crippen LogP contribution < -0.4 is 5.32 Å². The van der Waals surface area contributed by atoms with Crippen molar-refractivity contribution in [2.75, 3.05) is 12.3 Å². The van der Waals surface area contributed by atoms with E-state index in [1.807, 2.05) is 24.0 Å². The highest BCUT2D eigenvalue weighted by molar-refractivity contribution is 7.99. The summed E-state index contributed by atoms with van der Waals surface area (Å²) in [4.78, 5) is 4.45. The summed E-state index contributed by atoms with van der Waals surface area (Å²) in [6, 6.07) is 4.17. The Kier molecular flexibility index (Phi) is 6.50. The van der Waals surface area contributed by atoms with Gasteiger partial charge in [0.1, 0.15) is 5.03 Å². The number of nitrogens with one attached hydrogen (secondary N) is 1. The summed E-state index contributed by atoms with van der Waals surface area (Å²) in [5.41, 5.74) is 1.32. The van der Waals surface area contributed by atoms with Gasteiger partial charge in [0.2, 0.25) is 0 Å². The standard InChI is InChI=1S/C13H22N2S/c1-4-14-10-12-6-5-8-15-13(12)16-9-7-11(2)3/h5-6,8,11,14H,4,7,9-10H2,1-3H3. The molecule has 1 heterocycles. The van der Waals surface area contributed by atoms with Crippen LogP contribution in [0.3, 0.4) is 0 Å². The Hall–Kier alpha value is -0.540. The fraction of sp³-hybridized carbons (Fsp3) is 0.615. The summed E-state index contributed by atoms with van der Waals surface area (Å²) in [5, 5.41) is 4.54. The van der Waals surface area contributed by atoms with E-state index in [0.717, 1.165) is 24.8 Å². The number of aromatic nitrogens is 1. The van der Waals surface area contributed by atoms with Gasteiger partial charge in [0.15, 0.2) is 0 Å². The molecule has 1 aromatic rings.